The van der Waals surface area contributed by atoms with Crippen molar-refractivity contribution < 1.29 is 13.2 Å². The molecule has 0 atom stereocenters. The summed E-state index contributed by atoms with van der Waals surface area (Å²) in [5, 5.41) is 0.783. The Bertz CT molecular complexity index is 456. The lowest BCUT2D eigenvalue weighted by atomic mass is 10.4. The molecule has 0 amide bonds. The topological polar surface area (TPSA) is 55.4 Å². The first-order valence-corrected chi connectivity index (χ1v) is 9.16. The second kappa shape index (κ2) is 7.81. The van der Waals surface area contributed by atoms with Crippen molar-refractivity contribution in [2.45, 2.75) is 17.6 Å². The van der Waals surface area contributed by atoms with E-state index in [-0.39, 0.29) is 4.21 Å². The molecule has 0 saturated carbocycles. The Hall–Kier alpha value is 0.340. The van der Waals surface area contributed by atoms with Crippen LogP contribution in [0.2, 0.25) is 4.34 Å². The number of rotatable bonds is 8. The van der Waals surface area contributed by atoms with Crippen molar-refractivity contribution in [3.8, 4) is 0 Å². The van der Waals surface area contributed by atoms with Gasteiger partial charge in [0, 0.05) is 18.5 Å². The van der Waals surface area contributed by atoms with Crippen molar-refractivity contribution in [1.82, 2.24) is 4.72 Å². The molecule has 0 aliphatic heterocycles. The number of ether oxygens (including phenoxy) is 1. The highest BCUT2D eigenvalue weighted by atomic mass is 79.9. The Morgan fingerprint density at radius 1 is 1.50 bits per heavy atom. The summed E-state index contributed by atoms with van der Waals surface area (Å²) >= 11 is 10.2. The second-order valence-electron chi connectivity index (χ2n) is 3.57. The normalized spacial score (nSPS) is 11.9. The number of hydrogen-bond donors (Lipinski definition) is 1. The number of hydrogen-bond acceptors (Lipinski definition) is 4. The molecule has 0 fully saturated rings. The SMILES string of the molecule is Cc1cc(S(=O)(=O)NCCCOCCBr)sc1Cl. The van der Waals surface area contributed by atoms with Crippen LogP contribution >= 0.6 is 38.9 Å². The molecule has 4 nitrogen and oxygen atoms in total. The predicted molar refractivity (Wildman–Crippen MR) is 78.5 cm³/mol. The van der Waals surface area contributed by atoms with Gasteiger partial charge in [0.25, 0.3) is 0 Å². The number of alkyl halides is 1. The molecule has 0 spiro atoms. The van der Waals surface area contributed by atoms with Gasteiger partial charge in [-0.3, -0.25) is 0 Å². The Labute approximate surface area is 125 Å². The van der Waals surface area contributed by atoms with Gasteiger partial charge in [0.05, 0.1) is 10.9 Å². The third-order valence-corrected chi connectivity index (χ3v) is 5.89. The number of thiophene rings is 1. The zero-order chi connectivity index (χ0) is 13.6. The fourth-order valence-corrected chi connectivity index (χ4v) is 4.23. The summed E-state index contributed by atoms with van der Waals surface area (Å²) in [5.74, 6) is 0. The molecule has 0 bridgehead atoms. The molecule has 0 aromatic carbocycles. The van der Waals surface area contributed by atoms with Gasteiger partial charge in [0.15, 0.2) is 0 Å². The van der Waals surface area contributed by atoms with Gasteiger partial charge in [-0.15, -0.1) is 11.3 Å². The minimum Gasteiger partial charge on any atom is -0.381 e. The molecule has 18 heavy (non-hydrogen) atoms. The molecular weight excluding hydrogens is 362 g/mol. The molecule has 0 unspecified atom stereocenters. The van der Waals surface area contributed by atoms with Crippen LogP contribution < -0.4 is 4.72 Å². The number of halogens is 2. The van der Waals surface area contributed by atoms with Crippen LogP contribution in [0.3, 0.4) is 0 Å². The minimum absolute atomic E-state index is 0.256. The van der Waals surface area contributed by atoms with Crippen LogP contribution in [0.4, 0.5) is 0 Å². The van der Waals surface area contributed by atoms with Gasteiger partial charge in [-0.1, -0.05) is 27.5 Å². The van der Waals surface area contributed by atoms with E-state index in [1.807, 2.05) is 0 Å². The average Bonchev–Trinajstić information content (AvgIpc) is 2.65. The van der Waals surface area contributed by atoms with Gasteiger partial charge >= 0.3 is 0 Å². The van der Waals surface area contributed by atoms with E-state index in [0.29, 0.717) is 30.5 Å². The molecule has 1 heterocycles. The number of nitrogens with one attached hydrogen (secondary N) is 1. The lowest BCUT2D eigenvalue weighted by Crippen LogP contribution is -2.24. The zero-order valence-electron chi connectivity index (χ0n) is 9.91. The van der Waals surface area contributed by atoms with Crippen molar-refractivity contribution in [2.75, 3.05) is 25.1 Å². The maximum absolute atomic E-state index is 11.9. The first kappa shape index (κ1) is 16.4. The van der Waals surface area contributed by atoms with E-state index in [2.05, 4.69) is 20.7 Å². The number of sulfonamides is 1. The molecule has 1 N–H and O–H groups in total. The third kappa shape index (κ3) is 5.14. The van der Waals surface area contributed by atoms with Gasteiger partial charge in [-0.25, -0.2) is 13.1 Å². The van der Waals surface area contributed by atoms with Crippen LogP contribution in [0.15, 0.2) is 10.3 Å². The van der Waals surface area contributed by atoms with Gasteiger partial charge < -0.3 is 4.74 Å². The van der Waals surface area contributed by atoms with Crippen LogP contribution in [0.1, 0.15) is 12.0 Å². The largest absolute Gasteiger partial charge is 0.381 e. The summed E-state index contributed by atoms with van der Waals surface area (Å²) in [6.45, 7) is 3.32. The lowest BCUT2D eigenvalue weighted by Gasteiger charge is -2.04. The van der Waals surface area contributed by atoms with Crippen LogP contribution in [0.25, 0.3) is 0 Å². The van der Waals surface area contributed by atoms with Crippen molar-refractivity contribution in [1.29, 1.82) is 0 Å². The quantitative estimate of drug-likeness (QED) is 0.560. The lowest BCUT2D eigenvalue weighted by molar-refractivity contribution is 0.149. The average molecular weight is 377 g/mol. The number of aryl methyl sites for hydroxylation is 1. The summed E-state index contributed by atoms with van der Waals surface area (Å²) in [5.41, 5.74) is 0.780. The van der Waals surface area contributed by atoms with Crippen LogP contribution in [0, 0.1) is 6.92 Å². The smallest absolute Gasteiger partial charge is 0.250 e. The molecule has 8 heteroatoms. The highest BCUT2D eigenvalue weighted by Crippen LogP contribution is 2.29. The highest BCUT2D eigenvalue weighted by Gasteiger charge is 2.17. The minimum atomic E-state index is -3.44. The van der Waals surface area contributed by atoms with E-state index in [1.54, 1.807) is 13.0 Å². The predicted octanol–water partition coefficient (Wildman–Crippen LogP) is 2.79. The van der Waals surface area contributed by atoms with E-state index in [1.165, 1.54) is 0 Å². The van der Waals surface area contributed by atoms with E-state index in [4.69, 9.17) is 16.3 Å². The van der Waals surface area contributed by atoms with Crippen LogP contribution in [0.5, 0.6) is 0 Å². The van der Waals surface area contributed by atoms with E-state index >= 15 is 0 Å². The summed E-state index contributed by atoms with van der Waals surface area (Å²) in [6, 6.07) is 1.58. The summed E-state index contributed by atoms with van der Waals surface area (Å²) in [4.78, 5) is 0. The third-order valence-electron chi connectivity index (χ3n) is 2.08. The monoisotopic (exact) mass is 375 g/mol. The summed E-state index contributed by atoms with van der Waals surface area (Å²) < 4.78 is 32.3. The van der Waals surface area contributed by atoms with E-state index in [0.717, 1.165) is 22.2 Å². The van der Waals surface area contributed by atoms with Crippen LogP contribution in [-0.4, -0.2) is 33.5 Å². The van der Waals surface area contributed by atoms with Gasteiger partial charge in [-0.2, -0.15) is 0 Å². The van der Waals surface area contributed by atoms with Gasteiger partial charge in [0.1, 0.15) is 4.21 Å². The second-order valence-corrected chi connectivity index (χ2v) is 8.02. The fourth-order valence-electron chi connectivity index (χ4n) is 1.17. The molecule has 0 radical (unpaired) electrons. The molecular formula is C10H15BrClNO3S2. The molecule has 0 aliphatic carbocycles. The highest BCUT2D eigenvalue weighted by molar-refractivity contribution is 9.09. The molecule has 1 rings (SSSR count). The van der Waals surface area contributed by atoms with Crippen molar-refractivity contribution >= 4 is 48.9 Å². The molecule has 1 aromatic rings. The van der Waals surface area contributed by atoms with Crippen LogP contribution in [-0.2, 0) is 14.8 Å². The molecule has 104 valence electrons. The summed E-state index contributed by atoms with van der Waals surface area (Å²) in [6.07, 6.45) is 0.643. The first-order valence-electron chi connectivity index (χ1n) is 5.36. The van der Waals surface area contributed by atoms with Gasteiger partial charge in [0.2, 0.25) is 10.0 Å². The first-order chi connectivity index (χ1) is 8.47. The Morgan fingerprint density at radius 2 is 2.22 bits per heavy atom. The Balaban J connectivity index is 2.41. The summed E-state index contributed by atoms with van der Waals surface area (Å²) in [7, 11) is -3.44. The van der Waals surface area contributed by atoms with Crippen molar-refractivity contribution in [2.24, 2.45) is 0 Å². The fraction of sp³-hybridized carbons (Fsp3) is 0.600. The van der Waals surface area contributed by atoms with Gasteiger partial charge in [-0.05, 0) is 25.0 Å². The molecule has 0 aliphatic rings. The standard InChI is InChI=1S/C10H15BrClNO3S2/c1-8-7-9(17-10(8)12)18(14,15)13-4-2-5-16-6-3-11/h7,13H,2-6H2,1H3. The molecule has 1 aromatic heterocycles. The maximum atomic E-state index is 11.9. The zero-order valence-corrected chi connectivity index (χ0v) is 13.9. The van der Waals surface area contributed by atoms with Crippen molar-refractivity contribution in [3.05, 3.63) is 16.0 Å². The Kier molecular flexibility index (Phi) is 7.12. The maximum Gasteiger partial charge on any atom is 0.250 e. The van der Waals surface area contributed by atoms with Crippen molar-refractivity contribution in [3.63, 3.8) is 0 Å². The molecule has 0 saturated heterocycles. The van der Waals surface area contributed by atoms with E-state index < -0.39 is 10.0 Å². The Morgan fingerprint density at radius 3 is 2.78 bits per heavy atom. The van der Waals surface area contributed by atoms with E-state index in [9.17, 15) is 8.42 Å².